The maximum Gasteiger partial charge on any atom is 0.322 e. The van der Waals surface area contributed by atoms with Crippen molar-refractivity contribution in [2.45, 2.75) is 24.9 Å². The molecular weight excluding hydrogens is 360 g/mol. The first-order valence-corrected chi connectivity index (χ1v) is 9.25. The van der Waals surface area contributed by atoms with E-state index in [1.165, 1.54) is 11.3 Å². The second-order valence-electron chi connectivity index (χ2n) is 6.68. The molecule has 1 saturated heterocycles. The molecule has 1 aliphatic heterocycles. The minimum absolute atomic E-state index is 0.0204. The molecule has 1 aromatic carbocycles. The third-order valence-corrected chi connectivity index (χ3v) is 5.85. The highest BCUT2D eigenvalue weighted by molar-refractivity contribution is 7.12. The Bertz CT molecular complexity index is 823. The van der Waals surface area contributed by atoms with Crippen molar-refractivity contribution in [1.82, 2.24) is 10.2 Å². The van der Waals surface area contributed by atoms with Crippen LogP contribution in [-0.4, -0.2) is 35.5 Å². The van der Waals surface area contributed by atoms with Crippen LogP contribution in [0.1, 0.15) is 22.5 Å². The van der Waals surface area contributed by atoms with Gasteiger partial charge >= 0.3 is 6.03 Å². The Labute approximate surface area is 153 Å². The first kappa shape index (κ1) is 17.0. The quantitative estimate of drug-likeness (QED) is 0.861. The number of fused-ring (bicyclic) bond motifs is 2. The number of anilines is 1. The maximum atomic E-state index is 13.3. The summed E-state index contributed by atoms with van der Waals surface area (Å²) in [5.74, 6) is -1.36. The van der Waals surface area contributed by atoms with Crippen LogP contribution in [0.2, 0.25) is 0 Å². The molecule has 8 heteroatoms. The number of hydrogen-bond acceptors (Lipinski definition) is 3. The Kier molecular flexibility index (Phi) is 4.36. The van der Waals surface area contributed by atoms with Crippen LogP contribution in [0.5, 0.6) is 0 Å². The highest BCUT2D eigenvalue weighted by Crippen LogP contribution is 2.38. The lowest BCUT2D eigenvalue weighted by Crippen LogP contribution is -2.48. The number of benzene rings is 1. The molecule has 2 heterocycles. The van der Waals surface area contributed by atoms with Gasteiger partial charge in [-0.25, -0.2) is 13.6 Å². The van der Waals surface area contributed by atoms with Gasteiger partial charge in [-0.1, -0.05) is 6.07 Å². The van der Waals surface area contributed by atoms with Crippen molar-refractivity contribution in [3.05, 3.63) is 52.2 Å². The summed E-state index contributed by atoms with van der Waals surface area (Å²) in [6.07, 6.45) is 1.51. The topological polar surface area (TPSA) is 61.4 Å². The zero-order chi connectivity index (χ0) is 18.3. The Morgan fingerprint density at radius 2 is 1.92 bits per heavy atom. The molecule has 4 rings (SSSR count). The fourth-order valence-corrected chi connectivity index (χ4v) is 4.47. The number of nitrogens with zero attached hydrogens (tertiary/aromatic N) is 1. The van der Waals surface area contributed by atoms with E-state index >= 15 is 0 Å². The number of thiophene rings is 1. The van der Waals surface area contributed by atoms with Gasteiger partial charge in [-0.05, 0) is 42.3 Å². The van der Waals surface area contributed by atoms with Crippen molar-refractivity contribution in [3.8, 4) is 0 Å². The Morgan fingerprint density at radius 3 is 2.54 bits per heavy atom. The number of urea groups is 1. The van der Waals surface area contributed by atoms with Gasteiger partial charge in [0.15, 0.2) is 0 Å². The summed E-state index contributed by atoms with van der Waals surface area (Å²) in [6, 6.07) is 6.24. The van der Waals surface area contributed by atoms with Crippen molar-refractivity contribution >= 4 is 29.0 Å². The summed E-state index contributed by atoms with van der Waals surface area (Å²) in [7, 11) is 0. The molecule has 2 bridgehead atoms. The summed E-state index contributed by atoms with van der Waals surface area (Å²) in [6.45, 7) is 0.518. The number of rotatable bonds is 3. The highest BCUT2D eigenvalue weighted by Gasteiger charge is 2.47. The van der Waals surface area contributed by atoms with Gasteiger partial charge in [-0.15, -0.1) is 11.3 Å². The zero-order valence-electron chi connectivity index (χ0n) is 13.7. The lowest BCUT2D eigenvalue weighted by Gasteiger charge is -2.32. The molecule has 3 atom stereocenters. The van der Waals surface area contributed by atoms with Crippen molar-refractivity contribution in [1.29, 1.82) is 0 Å². The van der Waals surface area contributed by atoms with Gasteiger partial charge < -0.3 is 15.5 Å². The fraction of sp³-hybridized carbons (Fsp3) is 0.333. The molecule has 2 fully saturated rings. The van der Waals surface area contributed by atoms with E-state index in [0.717, 1.165) is 24.6 Å². The molecular formula is C18H17F2N3O2S. The van der Waals surface area contributed by atoms with Crippen molar-refractivity contribution in [3.63, 3.8) is 0 Å². The van der Waals surface area contributed by atoms with Crippen LogP contribution in [0.3, 0.4) is 0 Å². The van der Waals surface area contributed by atoms with Crippen LogP contribution in [0, 0.1) is 17.6 Å². The average Bonchev–Trinajstić information content (AvgIpc) is 3.30. The van der Waals surface area contributed by atoms with E-state index in [1.807, 2.05) is 11.4 Å². The summed E-state index contributed by atoms with van der Waals surface area (Å²) < 4.78 is 26.5. The van der Waals surface area contributed by atoms with E-state index in [2.05, 4.69) is 10.6 Å². The van der Waals surface area contributed by atoms with Crippen LogP contribution in [-0.2, 0) is 0 Å². The Hall–Kier alpha value is -2.48. The van der Waals surface area contributed by atoms with Gasteiger partial charge in [-0.3, -0.25) is 4.79 Å². The minimum Gasteiger partial charge on any atom is -0.348 e. The lowest BCUT2D eigenvalue weighted by molar-refractivity contribution is 0.0919. The van der Waals surface area contributed by atoms with E-state index in [9.17, 15) is 18.4 Å². The molecule has 2 aromatic rings. The Balaban J connectivity index is 1.36. The van der Waals surface area contributed by atoms with E-state index in [0.29, 0.717) is 17.8 Å². The summed E-state index contributed by atoms with van der Waals surface area (Å²) >= 11 is 1.40. The maximum absolute atomic E-state index is 13.3. The Morgan fingerprint density at radius 1 is 1.15 bits per heavy atom. The van der Waals surface area contributed by atoms with Crippen LogP contribution < -0.4 is 10.6 Å². The van der Waals surface area contributed by atoms with Gasteiger partial charge in [-0.2, -0.15) is 0 Å². The van der Waals surface area contributed by atoms with Gasteiger partial charge in [0.05, 0.1) is 4.88 Å². The number of carbonyl (C=O) groups excluding carboxylic acids is 2. The number of halogens is 2. The molecule has 1 aromatic heterocycles. The normalized spacial score (nSPS) is 23.9. The second-order valence-corrected chi connectivity index (χ2v) is 7.63. The predicted octanol–water partition coefficient (Wildman–Crippen LogP) is 3.45. The number of nitrogens with one attached hydrogen (secondary N) is 2. The molecule has 1 aliphatic carbocycles. The average molecular weight is 377 g/mol. The highest BCUT2D eigenvalue weighted by atomic mass is 32.1. The van der Waals surface area contributed by atoms with Crippen LogP contribution >= 0.6 is 11.3 Å². The number of amides is 3. The molecule has 0 radical (unpaired) electrons. The SMILES string of the molecule is O=C(N[C@H]1C[C@@H]2C[C@H]1CN2C(=O)Nc1cc(F)cc(F)c1)c1cccs1. The molecule has 136 valence electrons. The van der Waals surface area contributed by atoms with E-state index in [1.54, 1.807) is 11.0 Å². The monoisotopic (exact) mass is 377 g/mol. The number of likely N-dealkylation sites (tertiary alicyclic amines) is 1. The summed E-state index contributed by atoms with van der Waals surface area (Å²) in [5.41, 5.74) is 0.0952. The molecule has 2 aliphatic rings. The third kappa shape index (κ3) is 3.29. The number of hydrogen-bond donors (Lipinski definition) is 2. The van der Waals surface area contributed by atoms with Crippen molar-refractivity contribution < 1.29 is 18.4 Å². The first-order valence-electron chi connectivity index (χ1n) is 8.37. The van der Waals surface area contributed by atoms with Gasteiger partial charge in [0.2, 0.25) is 0 Å². The molecule has 0 spiro atoms. The van der Waals surface area contributed by atoms with Crippen molar-refractivity contribution in [2.75, 3.05) is 11.9 Å². The van der Waals surface area contributed by atoms with Gasteiger partial charge in [0.25, 0.3) is 5.91 Å². The molecule has 5 nitrogen and oxygen atoms in total. The number of piperidine rings is 1. The molecule has 3 amide bonds. The van der Waals surface area contributed by atoms with Crippen molar-refractivity contribution in [2.24, 2.45) is 5.92 Å². The molecule has 1 saturated carbocycles. The van der Waals surface area contributed by atoms with Gasteiger partial charge in [0.1, 0.15) is 11.6 Å². The van der Waals surface area contributed by atoms with E-state index in [-0.39, 0.29) is 35.6 Å². The van der Waals surface area contributed by atoms with Crippen LogP contribution in [0.4, 0.5) is 19.3 Å². The second kappa shape index (κ2) is 6.68. The molecule has 26 heavy (non-hydrogen) atoms. The smallest absolute Gasteiger partial charge is 0.322 e. The molecule has 2 N–H and O–H groups in total. The van der Waals surface area contributed by atoms with E-state index in [4.69, 9.17) is 0 Å². The first-order chi connectivity index (χ1) is 12.5. The fourth-order valence-electron chi connectivity index (χ4n) is 3.85. The lowest BCUT2D eigenvalue weighted by atomic mass is 10.0. The minimum atomic E-state index is -0.736. The number of carbonyl (C=O) groups is 2. The third-order valence-electron chi connectivity index (χ3n) is 4.98. The summed E-state index contributed by atoms with van der Waals surface area (Å²) in [5, 5.41) is 7.46. The summed E-state index contributed by atoms with van der Waals surface area (Å²) in [4.78, 5) is 27.0. The largest absolute Gasteiger partial charge is 0.348 e. The molecule has 0 unspecified atom stereocenters. The van der Waals surface area contributed by atoms with E-state index < -0.39 is 11.6 Å². The predicted molar refractivity (Wildman–Crippen MR) is 94.2 cm³/mol. The van der Waals surface area contributed by atoms with Crippen LogP contribution in [0.25, 0.3) is 0 Å². The standard InChI is InChI=1S/C18H17F2N3O2S/c19-11-5-12(20)7-13(6-11)21-18(25)23-9-10-4-14(23)8-15(10)22-17(24)16-2-1-3-26-16/h1-3,5-7,10,14-15H,4,8-9H2,(H,21,25)(H,22,24)/t10-,14-,15-/m0/s1. The zero-order valence-corrected chi connectivity index (χ0v) is 14.6. The van der Waals surface area contributed by atoms with Crippen LogP contribution in [0.15, 0.2) is 35.7 Å². The van der Waals surface area contributed by atoms with Gasteiger partial charge in [0, 0.05) is 30.4 Å².